The van der Waals surface area contributed by atoms with E-state index in [9.17, 15) is 22.8 Å². The van der Waals surface area contributed by atoms with E-state index in [1.807, 2.05) is 12.1 Å². The molecule has 35 heavy (non-hydrogen) atoms. The number of nitrogens with one attached hydrogen (secondary N) is 1. The van der Waals surface area contributed by atoms with Gasteiger partial charge in [0.1, 0.15) is 5.76 Å². The summed E-state index contributed by atoms with van der Waals surface area (Å²) < 4.78 is 49.7. The van der Waals surface area contributed by atoms with Gasteiger partial charge in [-0.25, -0.2) is 0 Å². The molecule has 0 radical (unpaired) electrons. The number of carbonyl (C=O) groups is 2. The summed E-state index contributed by atoms with van der Waals surface area (Å²) in [5, 5.41) is 2.75. The Hall–Kier alpha value is -3.79. The number of halogens is 3. The summed E-state index contributed by atoms with van der Waals surface area (Å²) >= 11 is 0. The van der Waals surface area contributed by atoms with E-state index >= 15 is 0 Å². The number of morpholine rings is 1. The second-order valence-corrected chi connectivity index (χ2v) is 8.10. The van der Waals surface area contributed by atoms with Crippen LogP contribution in [0.15, 0.2) is 65.1 Å². The van der Waals surface area contributed by atoms with Crippen molar-refractivity contribution in [3.63, 3.8) is 0 Å². The quantitative estimate of drug-likeness (QED) is 0.554. The summed E-state index contributed by atoms with van der Waals surface area (Å²) in [4.78, 5) is 28.5. The van der Waals surface area contributed by atoms with Crippen molar-refractivity contribution in [1.29, 1.82) is 0 Å². The molecule has 1 saturated heterocycles. The number of hydrogen-bond donors (Lipinski definition) is 1. The number of anilines is 2. The number of likely N-dealkylation sites (N-methyl/N-ethyl adjacent to an activating group) is 1. The number of nitrogens with zero attached hydrogens (tertiary/aromatic N) is 2. The predicted molar refractivity (Wildman–Crippen MR) is 124 cm³/mol. The number of benzene rings is 2. The van der Waals surface area contributed by atoms with Crippen molar-refractivity contribution in [1.82, 2.24) is 4.90 Å². The number of hydrogen-bond acceptors (Lipinski definition) is 5. The van der Waals surface area contributed by atoms with Crippen LogP contribution in [0.2, 0.25) is 0 Å². The maximum atomic E-state index is 13.0. The second kappa shape index (κ2) is 10.2. The van der Waals surface area contributed by atoms with Crippen molar-refractivity contribution in [3.8, 4) is 11.3 Å². The zero-order valence-electron chi connectivity index (χ0n) is 19.0. The minimum atomic E-state index is -4.49. The van der Waals surface area contributed by atoms with Crippen molar-refractivity contribution < 1.29 is 31.9 Å². The summed E-state index contributed by atoms with van der Waals surface area (Å²) in [6.07, 6.45) is -4.49. The monoisotopic (exact) mass is 487 g/mol. The summed E-state index contributed by atoms with van der Waals surface area (Å²) in [5.74, 6) is -0.925. The molecule has 2 aromatic carbocycles. The van der Waals surface area contributed by atoms with Crippen LogP contribution in [0.1, 0.15) is 16.1 Å². The molecule has 0 saturated carbocycles. The van der Waals surface area contributed by atoms with Crippen molar-refractivity contribution in [2.75, 3.05) is 50.1 Å². The highest BCUT2D eigenvalue weighted by atomic mass is 19.4. The fraction of sp³-hybridized carbons (Fsp3) is 0.280. The zero-order chi connectivity index (χ0) is 25.0. The van der Waals surface area contributed by atoms with Crippen LogP contribution in [-0.2, 0) is 15.7 Å². The molecule has 1 aromatic heterocycles. The molecular formula is C25H24F3N3O4. The van der Waals surface area contributed by atoms with Gasteiger partial charge in [-0.1, -0.05) is 12.1 Å². The standard InChI is InChI=1S/C25H24F3N3O4/c1-30(16-23(32)29-19-5-7-20(8-6-19)31-11-13-34-14-12-31)24(33)22-10-9-21(35-22)17-3-2-4-18(15-17)25(26,27)28/h2-10,15H,11-14,16H2,1H3,(H,29,32). The Labute approximate surface area is 200 Å². The number of carbonyl (C=O) groups excluding carboxylic acids is 2. The van der Waals surface area contributed by atoms with E-state index in [2.05, 4.69) is 10.2 Å². The molecule has 0 spiro atoms. The first-order chi connectivity index (χ1) is 16.7. The smallest absolute Gasteiger partial charge is 0.416 e. The number of alkyl halides is 3. The third-order valence-corrected chi connectivity index (χ3v) is 5.55. The van der Waals surface area contributed by atoms with E-state index in [4.69, 9.17) is 9.15 Å². The van der Waals surface area contributed by atoms with Crippen LogP contribution in [0.5, 0.6) is 0 Å². The van der Waals surface area contributed by atoms with Gasteiger partial charge in [0, 0.05) is 37.1 Å². The normalized spacial score (nSPS) is 14.0. The Morgan fingerprint density at radius 3 is 2.43 bits per heavy atom. The Morgan fingerprint density at radius 1 is 1.03 bits per heavy atom. The van der Waals surface area contributed by atoms with E-state index in [1.165, 1.54) is 36.2 Å². The predicted octanol–water partition coefficient (Wildman–Crippen LogP) is 4.51. The molecule has 3 aromatic rings. The molecule has 4 rings (SSSR count). The van der Waals surface area contributed by atoms with E-state index < -0.39 is 23.6 Å². The molecule has 1 aliphatic heterocycles. The number of furan rings is 1. The summed E-state index contributed by atoms with van der Waals surface area (Å²) in [6.45, 7) is 2.73. The molecule has 0 aliphatic carbocycles. The van der Waals surface area contributed by atoms with E-state index in [0.717, 1.165) is 30.9 Å². The van der Waals surface area contributed by atoms with Crippen LogP contribution in [0.25, 0.3) is 11.3 Å². The minimum Gasteiger partial charge on any atom is -0.451 e. The van der Waals surface area contributed by atoms with Crippen LogP contribution >= 0.6 is 0 Å². The molecule has 184 valence electrons. The van der Waals surface area contributed by atoms with Crippen LogP contribution in [0.4, 0.5) is 24.5 Å². The largest absolute Gasteiger partial charge is 0.451 e. The average Bonchev–Trinajstić information content (AvgIpc) is 3.34. The summed E-state index contributed by atoms with van der Waals surface area (Å²) in [5.41, 5.74) is 1.01. The maximum absolute atomic E-state index is 13.0. The van der Waals surface area contributed by atoms with Gasteiger partial charge in [-0.15, -0.1) is 0 Å². The lowest BCUT2D eigenvalue weighted by atomic mass is 10.1. The van der Waals surface area contributed by atoms with Gasteiger partial charge in [0.25, 0.3) is 5.91 Å². The number of rotatable bonds is 6. The van der Waals surface area contributed by atoms with E-state index in [0.29, 0.717) is 18.9 Å². The van der Waals surface area contributed by atoms with Crippen LogP contribution in [-0.4, -0.2) is 56.6 Å². The lowest BCUT2D eigenvalue weighted by Crippen LogP contribution is -2.36. The van der Waals surface area contributed by atoms with E-state index in [1.54, 1.807) is 12.1 Å². The highest BCUT2D eigenvalue weighted by Gasteiger charge is 2.30. The first kappa shape index (κ1) is 24.3. The third kappa shape index (κ3) is 6.02. The van der Waals surface area contributed by atoms with E-state index in [-0.39, 0.29) is 23.6 Å². The Kier molecular flexibility index (Phi) is 7.11. The van der Waals surface area contributed by atoms with Crippen molar-refractivity contribution in [3.05, 3.63) is 72.0 Å². The molecule has 0 atom stereocenters. The molecular weight excluding hydrogens is 463 g/mol. The molecule has 1 fully saturated rings. The zero-order valence-corrected chi connectivity index (χ0v) is 19.0. The Bertz CT molecular complexity index is 1190. The van der Waals surface area contributed by atoms with Gasteiger partial charge in [0.05, 0.1) is 25.3 Å². The topological polar surface area (TPSA) is 75.0 Å². The summed E-state index contributed by atoms with van der Waals surface area (Å²) in [7, 11) is 1.44. The average molecular weight is 487 g/mol. The molecule has 0 bridgehead atoms. The Morgan fingerprint density at radius 2 is 1.74 bits per heavy atom. The van der Waals surface area contributed by atoms with Gasteiger partial charge >= 0.3 is 6.18 Å². The van der Waals surface area contributed by atoms with Crippen LogP contribution in [0.3, 0.4) is 0 Å². The second-order valence-electron chi connectivity index (χ2n) is 8.10. The van der Waals surface area contributed by atoms with Crippen LogP contribution in [0, 0.1) is 0 Å². The fourth-order valence-corrected chi connectivity index (χ4v) is 3.71. The first-order valence-electron chi connectivity index (χ1n) is 11.0. The molecule has 1 aliphatic rings. The fourth-order valence-electron chi connectivity index (χ4n) is 3.71. The minimum absolute atomic E-state index is 0.0809. The van der Waals surface area contributed by atoms with Gasteiger partial charge in [-0.2, -0.15) is 13.2 Å². The van der Waals surface area contributed by atoms with Gasteiger partial charge in [-0.05, 0) is 48.5 Å². The van der Waals surface area contributed by atoms with Gasteiger partial charge in [0.2, 0.25) is 5.91 Å². The van der Waals surface area contributed by atoms with Crippen molar-refractivity contribution in [2.24, 2.45) is 0 Å². The third-order valence-electron chi connectivity index (χ3n) is 5.55. The molecule has 1 N–H and O–H groups in total. The molecule has 2 amide bonds. The SMILES string of the molecule is CN(CC(=O)Nc1ccc(N2CCOCC2)cc1)C(=O)c1ccc(-c2cccc(C(F)(F)F)c2)o1. The maximum Gasteiger partial charge on any atom is 0.416 e. The van der Waals surface area contributed by atoms with Gasteiger partial charge in [0.15, 0.2) is 5.76 Å². The molecule has 7 nitrogen and oxygen atoms in total. The summed E-state index contributed by atoms with van der Waals surface area (Å²) in [6, 6.07) is 14.8. The lowest BCUT2D eigenvalue weighted by molar-refractivity contribution is -0.137. The molecule has 2 heterocycles. The van der Waals surface area contributed by atoms with Crippen molar-refractivity contribution in [2.45, 2.75) is 6.18 Å². The highest BCUT2D eigenvalue weighted by molar-refractivity contribution is 5.98. The highest BCUT2D eigenvalue weighted by Crippen LogP contribution is 2.32. The van der Waals surface area contributed by atoms with Gasteiger partial charge < -0.3 is 24.3 Å². The Balaban J connectivity index is 1.34. The van der Waals surface area contributed by atoms with Crippen LogP contribution < -0.4 is 10.2 Å². The van der Waals surface area contributed by atoms with Crippen molar-refractivity contribution >= 4 is 23.2 Å². The molecule has 0 unspecified atom stereocenters. The number of amides is 2. The lowest BCUT2D eigenvalue weighted by Gasteiger charge is -2.28. The first-order valence-corrected chi connectivity index (χ1v) is 11.0. The van der Waals surface area contributed by atoms with Gasteiger partial charge in [-0.3, -0.25) is 9.59 Å². The molecule has 10 heteroatoms. The number of ether oxygens (including phenoxy) is 1.